The second-order valence-corrected chi connectivity index (χ2v) is 2.32. The zero-order valence-corrected chi connectivity index (χ0v) is 6.74. The Morgan fingerprint density at radius 2 is 2.30 bits per heavy atom. The highest BCUT2D eigenvalue weighted by Crippen LogP contribution is 2.13. The summed E-state index contributed by atoms with van der Waals surface area (Å²) in [5.41, 5.74) is -2.04. The number of ether oxygens (including phenoxy) is 1. The molecule has 1 unspecified atom stereocenters. The van der Waals surface area contributed by atoms with Gasteiger partial charge in [-0.15, -0.1) is 11.6 Å². The van der Waals surface area contributed by atoms with Crippen molar-refractivity contribution in [3.8, 4) is 0 Å². The van der Waals surface area contributed by atoms with E-state index in [9.17, 15) is 9.18 Å². The fourth-order valence-corrected chi connectivity index (χ4v) is 0.445. The van der Waals surface area contributed by atoms with Gasteiger partial charge in [0, 0.05) is 0 Å². The molecular formula is C6H10ClFO2. The second-order valence-electron chi connectivity index (χ2n) is 2.05. The Morgan fingerprint density at radius 1 is 1.80 bits per heavy atom. The third kappa shape index (κ3) is 2.52. The molecule has 0 aliphatic carbocycles. The van der Waals surface area contributed by atoms with Crippen molar-refractivity contribution in [1.29, 1.82) is 0 Å². The summed E-state index contributed by atoms with van der Waals surface area (Å²) in [6, 6.07) is 0. The maximum absolute atomic E-state index is 12.8. The summed E-state index contributed by atoms with van der Waals surface area (Å²) in [7, 11) is 0. The van der Waals surface area contributed by atoms with Crippen LogP contribution in [0.3, 0.4) is 0 Å². The Kier molecular flexibility index (Phi) is 3.64. The van der Waals surface area contributed by atoms with Crippen LogP contribution in [0, 0.1) is 0 Å². The van der Waals surface area contributed by atoms with Crippen LogP contribution in [-0.4, -0.2) is 24.1 Å². The standard InChI is InChI=1S/C6H10ClFO2/c1-3-10-5(9)6(2,8)4-7/h3-4H2,1-2H3. The smallest absolute Gasteiger partial charge is 0.344 e. The molecule has 2 nitrogen and oxygen atoms in total. The first-order valence-electron chi connectivity index (χ1n) is 2.96. The van der Waals surface area contributed by atoms with E-state index in [1.807, 2.05) is 0 Å². The molecule has 1 atom stereocenters. The molecule has 0 fully saturated rings. The zero-order valence-electron chi connectivity index (χ0n) is 5.99. The number of esters is 1. The van der Waals surface area contributed by atoms with E-state index in [0.717, 1.165) is 6.92 Å². The highest BCUT2D eigenvalue weighted by atomic mass is 35.5. The SMILES string of the molecule is CCOC(=O)C(C)(F)CCl. The molecule has 0 aliphatic heterocycles. The molecule has 0 radical (unpaired) electrons. The van der Waals surface area contributed by atoms with Gasteiger partial charge in [0.25, 0.3) is 0 Å². The third-order valence-electron chi connectivity index (χ3n) is 0.952. The number of alkyl halides is 2. The number of hydrogen-bond donors (Lipinski definition) is 0. The predicted octanol–water partition coefficient (Wildman–Crippen LogP) is 1.52. The van der Waals surface area contributed by atoms with Gasteiger partial charge < -0.3 is 4.74 Å². The van der Waals surface area contributed by atoms with Crippen LogP contribution in [0.2, 0.25) is 0 Å². The van der Waals surface area contributed by atoms with Crippen molar-refractivity contribution in [2.45, 2.75) is 19.5 Å². The van der Waals surface area contributed by atoms with Gasteiger partial charge in [0.2, 0.25) is 5.67 Å². The van der Waals surface area contributed by atoms with Gasteiger partial charge in [-0.1, -0.05) is 0 Å². The van der Waals surface area contributed by atoms with E-state index >= 15 is 0 Å². The Labute approximate surface area is 64.3 Å². The van der Waals surface area contributed by atoms with E-state index in [0.29, 0.717) is 0 Å². The van der Waals surface area contributed by atoms with E-state index in [1.165, 1.54) is 0 Å². The molecule has 4 heteroatoms. The lowest BCUT2D eigenvalue weighted by Gasteiger charge is -2.13. The van der Waals surface area contributed by atoms with Crippen LogP contribution >= 0.6 is 11.6 Å². The molecule has 0 saturated carbocycles. The monoisotopic (exact) mass is 168 g/mol. The molecule has 0 aromatic rings. The first kappa shape index (κ1) is 9.69. The Bertz CT molecular complexity index is 125. The zero-order chi connectivity index (χ0) is 8.20. The van der Waals surface area contributed by atoms with Crippen molar-refractivity contribution < 1.29 is 13.9 Å². The molecule has 60 valence electrons. The molecule has 0 spiro atoms. The maximum atomic E-state index is 12.8. The summed E-state index contributed by atoms with van der Waals surface area (Å²) in [4.78, 5) is 10.6. The van der Waals surface area contributed by atoms with Crippen molar-refractivity contribution in [2.75, 3.05) is 12.5 Å². The number of rotatable bonds is 3. The predicted molar refractivity (Wildman–Crippen MR) is 36.9 cm³/mol. The van der Waals surface area contributed by atoms with Gasteiger partial charge in [-0.05, 0) is 13.8 Å². The summed E-state index contributed by atoms with van der Waals surface area (Å²) < 4.78 is 17.2. The lowest BCUT2D eigenvalue weighted by Crippen LogP contribution is -2.33. The van der Waals surface area contributed by atoms with Crippen LogP contribution in [0.1, 0.15) is 13.8 Å². The largest absolute Gasteiger partial charge is 0.464 e. The van der Waals surface area contributed by atoms with Crippen LogP contribution in [0.15, 0.2) is 0 Å². The molecule has 0 heterocycles. The molecule has 0 rings (SSSR count). The van der Waals surface area contributed by atoms with Crippen LogP contribution < -0.4 is 0 Å². The summed E-state index contributed by atoms with van der Waals surface area (Å²) in [5, 5.41) is 0. The third-order valence-corrected chi connectivity index (χ3v) is 1.45. The molecule has 0 aromatic carbocycles. The number of carbonyl (C=O) groups excluding carboxylic acids is 1. The van der Waals surface area contributed by atoms with Gasteiger partial charge in [0.1, 0.15) is 0 Å². The van der Waals surface area contributed by atoms with Gasteiger partial charge in [-0.25, -0.2) is 9.18 Å². The molecule has 10 heavy (non-hydrogen) atoms. The van der Waals surface area contributed by atoms with Gasteiger partial charge >= 0.3 is 5.97 Å². The first-order chi connectivity index (χ1) is 4.54. The molecule has 0 saturated heterocycles. The van der Waals surface area contributed by atoms with Gasteiger partial charge in [-0.2, -0.15) is 0 Å². The summed E-state index contributed by atoms with van der Waals surface area (Å²) in [6.07, 6.45) is 0. The van der Waals surface area contributed by atoms with Gasteiger partial charge in [0.15, 0.2) is 0 Å². The lowest BCUT2D eigenvalue weighted by molar-refractivity contribution is -0.154. The van der Waals surface area contributed by atoms with Crippen molar-refractivity contribution in [3.05, 3.63) is 0 Å². The van der Waals surface area contributed by atoms with E-state index < -0.39 is 11.6 Å². The molecule has 0 N–H and O–H groups in total. The summed E-state index contributed by atoms with van der Waals surface area (Å²) in [6.45, 7) is 2.88. The van der Waals surface area contributed by atoms with Crippen molar-refractivity contribution in [3.63, 3.8) is 0 Å². The molecule has 0 aromatic heterocycles. The maximum Gasteiger partial charge on any atom is 0.344 e. The van der Waals surface area contributed by atoms with Crippen LogP contribution in [0.4, 0.5) is 4.39 Å². The summed E-state index contributed by atoms with van der Waals surface area (Å²) >= 11 is 5.15. The second kappa shape index (κ2) is 3.76. The fourth-order valence-electron chi connectivity index (χ4n) is 0.336. The normalized spacial score (nSPS) is 16.0. The van der Waals surface area contributed by atoms with Crippen molar-refractivity contribution in [2.24, 2.45) is 0 Å². The van der Waals surface area contributed by atoms with Crippen LogP contribution in [0.25, 0.3) is 0 Å². The molecular weight excluding hydrogens is 159 g/mol. The van der Waals surface area contributed by atoms with Crippen LogP contribution in [-0.2, 0) is 9.53 Å². The molecule has 0 amide bonds. The number of hydrogen-bond acceptors (Lipinski definition) is 2. The average Bonchev–Trinajstić information content (AvgIpc) is 1.89. The van der Waals surface area contributed by atoms with Gasteiger partial charge in [-0.3, -0.25) is 0 Å². The number of halogens is 2. The highest BCUT2D eigenvalue weighted by Gasteiger charge is 2.33. The first-order valence-corrected chi connectivity index (χ1v) is 3.50. The lowest BCUT2D eigenvalue weighted by atomic mass is 10.2. The van der Waals surface area contributed by atoms with E-state index in [2.05, 4.69) is 4.74 Å². The van der Waals surface area contributed by atoms with Crippen molar-refractivity contribution in [1.82, 2.24) is 0 Å². The highest BCUT2D eigenvalue weighted by molar-refractivity contribution is 6.20. The minimum atomic E-state index is -2.04. The topological polar surface area (TPSA) is 26.3 Å². The Morgan fingerprint density at radius 3 is 2.60 bits per heavy atom. The summed E-state index contributed by atoms with van der Waals surface area (Å²) in [5.74, 6) is -1.27. The fraction of sp³-hybridized carbons (Fsp3) is 0.833. The van der Waals surface area contributed by atoms with Gasteiger partial charge in [0.05, 0.1) is 12.5 Å². The van der Waals surface area contributed by atoms with Crippen molar-refractivity contribution >= 4 is 17.6 Å². The molecule has 0 aliphatic rings. The quantitative estimate of drug-likeness (QED) is 0.472. The molecule has 0 bridgehead atoms. The van der Waals surface area contributed by atoms with Crippen LogP contribution in [0.5, 0.6) is 0 Å². The minimum Gasteiger partial charge on any atom is -0.464 e. The minimum absolute atomic E-state index is 0.176. The van der Waals surface area contributed by atoms with E-state index in [-0.39, 0.29) is 12.5 Å². The Balaban J connectivity index is 3.91. The number of carbonyl (C=O) groups is 1. The van der Waals surface area contributed by atoms with E-state index in [1.54, 1.807) is 6.92 Å². The Hall–Kier alpha value is -0.310. The van der Waals surface area contributed by atoms with E-state index in [4.69, 9.17) is 11.6 Å². The average molecular weight is 169 g/mol.